The van der Waals surface area contributed by atoms with E-state index in [9.17, 15) is 4.39 Å². The van der Waals surface area contributed by atoms with Crippen LogP contribution in [0.3, 0.4) is 0 Å². The minimum atomic E-state index is -0.276. The highest BCUT2D eigenvalue weighted by Crippen LogP contribution is 2.19. The van der Waals surface area contributed by atoms with Crippen LogP contribution in [-0.2, 0) is 0 Å². The van der Waals surface area contributed by atoms with Crippen LogP contribution in [0.15, 0.2) is 48.5 Å². The zero-order valence-electron chi connectivity index (χ0n) is 14.4. The lowest BCUT2D eigenvalue weighted by Crippen LogP contribution is -2.18. The highest BCUT2D eigenvalue weighted by Gasteiger charge is 2.00. The second kappa shape index (κ2) is 9.08. The van der Waals surface area contributed by atoms with E-state index in [1.807, 2.05) is 0 Å². The summed E-state index contributed by atoms with van der Waals surface area (Å²) < 4.78 is 13.2. The topological polar surface area (TPSA) is 50.1 Å². The fraction of sp³-hybridized carbons (Fsp3) is 0.300. The van der Waals surface area contributed by atoms with Crippen molar-refractivity contribution in [3.8, 4) is 0 Å². The predicted molar refractivity (Wildman–Crippen MR) is 102 cm³/mol. The van der Waals surface area contributed by atoms with E-state index < -0.39 is 0 Å². The number of anilines is 2. The first-order valence-corrected chi connectivity index (χ1v) is 8.30. The third-order valence-electron chi connectivity index (χ3n) is 3.98. The first-order chi connectivity index (χ1) is 11.6. The van der Waals surface area contributed by atoms with Crippen LogP contribution in [0.1, 0.15) is 24.5 Å². The molecule has 4 N–H and O–H groups in total. The normalized spacial score (nSPS) is 11.5. The summed E-state index contributed by atoms with van der Waals surface area (Å²) in [6.45, 7) is 6.74. The van der Waals surface area contributed by atoms with Gasteiger partial charge >= 0.3 is 0 Å². The molecule has 2 rings (SSSR count). The molecule has 0 spiro atoms. The van der Waals surface area contributed by atoms with Crippen LogP contribution in [0.4, 0.5) is 15.8 Å². The van der Waals surface area contributed by atoms with Gasteiger partial charge in [-0.25, -0.2) is 4.39 Å². The first kappa shape index (κ1) is 18.0. The van der Waals surface area contributed by atoms with Gasteiger partial charge in [0.1, 0.15) is 5.82 Å². The summed E-state index contributed by atoms with van der Waals surface area (Å²) in [6.07, 6.45) is 3.15. The Hall–Kier alpha value is -2.33. The van der Waals surface area contributed by atoms with Gasteiger partial charge < -0.3 is 16.4 Å². The molecule has 0 atom stereocenters. The number of hydrogen-bond acceptors (Lipinski definition) is 3. The Morgan fingerprint density at radius 2 is 1.96 bits per heavy atom. The molecule has 0 saturated heterocycles. The van der Waals surface area contributed by atoms with E-state index in [-0.39, 0.29) is 5.82 Å². The number of hydrogen-bond donors (Lipinski definition) is 3. The summed E-state index contributed by atoms with van der Waals surface area (Å²) >= 11 is 0. The molecule has 24 heavy (non-hydrogen) atoms. The van der Waals surface area contributed by atoms with E-state index in [0.29, 0.717) is 11.4 Å². The maximum Gasteiger partial charge on any atom is 0.125 e. The lowest BCUT2D eigenvalue weighted by atomic mass is 10.0. The molecule has 0 saturated carbocycles. The average molecular weight is 327 g/mol. The molecule has 0 heterocycles. The molecule has 0 aliphatic heterocycles. The van der Waals surface area contributed by atoms with Gasteiger partial charge in [0.05, 0.1) is 11.4 Å². The van der Waals surface area contributed by atoms with Crippen molar-refractivity contribution in [3.63, 3.8) is 0 Å². The van der Waals surface area contributed by atoms with Gasteiger partial charge in [0.25, 0.3) is 0 Å². The van der Waals surface area contributed by atoms with Gasteiger partial charge in [-0.2, -0.15) is 0 Å². The molecule has 3 nitrogen and oxygen atoms in total. The lowest BCUT2D eigenvalue weighted by Gasteiger charge is -2.10. The van der Waals surface area contributed by atoms with Crippen molar-refractivity contribution in [1.29, 1.82) is 0 Å². The largest absolute Gasteiger partial charge is 0.397 e. The molecule has 0 amide bonds. The van der Waals surface area contributed by atoms with Crippen LogP contribution in [0.25, 0.3) is 5.57 Å². The SMILES string of the molecule is C/C(=C\CNCCCNc1cc(F)ccc1N)c1ccccc1C. The standard InChI is InChI=1S/C20H26FN3/c1-15-6-3-4-7-18(15)16(2)10-13-23-11-5-12-24-20-14-17(21)8-9-19(20)22/h3-4,6-10,14,23-24H,5,11-13,22H2,1-2H3/b16-10+. The van der Waals surface area contributed by atoms with E-state index in [2.05, 4.69) is 54.8 Å². The van der Waals surface area contributed by atoms with Crippen LogP contribution < -0.4 is 16.4 Å². The monoisotopic (exact) mass is 327 g/mol. The Morgan fingerprint density at radius 1 is 1.17 bits per heavy atom. The summed E-state index contributed by atoms with van der Waals surface area (Å²) in [4.78, 5) is 0. The molecule has 0 aliphatic carbocycles. The molecule has 0 aromatic heterocycles. The van der Waals surface area contributed by atoms with E-state index >= 15 is 0 Å². The van der Waals surface area contributed by atoms with Crippen molar-refractivity contribution in [2.75, 3.05) is 30.7 Å². The fourth-order valence-electron chi connectivity index (χ4n) is 2.57. The average Bonchev–Trinajstić information content (AvgIpc) is 2.57. The third kappa shape index (κ3) is 5.39. The van der Waals surface area contributed by atoms with Gasteiger partial charge in [-0.15, -0.1) is 0 Å². The second-order valence-electron chi connectivity index (χ2n) is 5.92. The predicted octanol–water partition coefficient (Wildman–Crippen LogP) is 4.21. The lowest BCUT2D eigenvalue weighted by molar-refractivity contribution is 0.628. The minimum Gasteiger partial charge on any atom is -0.397 e. The maximum atomic E-state index is 13.2. The molecular weight excluding hydrogens is 301 g/mol. The van der Waals surface area contributed by atoms with Gasteiger partial charge in [0.15, 0.2) is 0 Å². The smallest absolute Gasteiger partial charge is 0.125 e. The van der Waals surface area contributed by atoms with Crippen LogP contribution in [0, 0.1) is 12.7 Å². The Balaban J connectivity index is 1.67. The number of nitrogens with one attached hydrogen (secondary N) is 2. The molecule has 0 radical (unpaired) electrons. The second-order valence-corrected chi connectivity index (χ2v) is 5.92. The number of allylic oxidation sites excluding steroid dienone is 1. The van der Waals surface area contributed by atoms with Gasteiger partial charge in [0.2, 0.25) is 0 Å². The molecule has 2 aromatic rings. The highest BCUT2D eigenvalue weighted by atomic mass is 19.1. The number of benzene rings is 2. The van der Waals surface area contributed by atoms with Gasteiger partial charge in [-0.1, -0.05) is 30.3 Å². The number of aryl methyl sites for hydroxylation is 1. The van der Waals surface area contributed by atoms with Gasteiger partial charge in [-0.05, 0) is 61.7 Å². The number of rotatable bonds is 8. The van der Waals surface area contributed by atoms with Crippen molar-refractivity contribution >= 4 is 16.9 Å². The zero-order chi connectivity index (χ0) is 17.4. The summed E-state index contributed by atoms with van der Waals surface area (Å²) in [5.74, 6) is -0.276. The van der Waals surface area contributed by atoms with Crippen molar-refractivity contribution in [2.45, 2.75) is 20.3 Å². The quantitative estimate of drug-likeness (QED) is 0.503. The summed E-state index contributed by atoms with van der Waals surface area (Å²) in [5.41, 5.74) is 10.9. The first-order valence-electron chi connectivity index (χ1n) is 8.30. The summed E-state index contributed by atoms with van der Waals surface area (Å²) in [7, 11) is 0. The van der Waals surface area contributed by atoms with E-state index in [1.165, 1.54) is 28.8 Å². The number of halogens is 1. The van der Waals surface area contributed by atoms with E-state index in [4.69, 9.17) is 5.73 Å². The van der Waals surface area contributed by atoms with Crippen molar-refractivity contribution in [1.82, 2.24) is 5.32 Å². The molecular formula is C20H26FN3. The Morgan fingerprint density at radius 3 is 2.75 bits per heavy atom. The molecule has 2 aromatic carbocycles. The molecule has 0 aliphatic rings. The number of nitrogen functional groups attached to an aromatic ring is 1. The Kier molecular flexibility index (Phi) is 6.82. The molecule has 0 unspecified atom stereocenters. The molecule has 128 valence electrons. The van der Waals surface area contributed by atoms with E-state index in [0.717, 1.165) is 26.1 Å². The molecule has 4 heteroatoms. The summed E-state index contributed by atoms with van der Waals surface area (Å²) in [5, 5.41) is 6.56. The Labute approximate surface area is 143 Å². The summed E-state index contributed by atoms with van der Waals surface area (Å²) in [6, 6.07) is 12.8. The molecule has 0 fully saturated rings. The highest BCUT2D eigenvalue weighted by molar-refractivity contribution is 5.66. The van der Waals surface area contributed by atoms with Crippen molar-refractivity contribution < 1.29 is 4.39 Å². The van der Waals surface area contributed by atoms with Crippen molar-refractivity contribution in [3.05, 3.63) is 65.5 Å². The third-order valence-corrected chi connectivity index (χ3v) is 3.98. The van der Waals surface area contributed by atoms with Crippen LogP contribution in [0.5, 0.6) is 0 Å². The molecule has 0 bridgehead atoms. The minimum absolute atomic E-state index is 0.276. The fourth-order valence-corrected chi connectivity index (χ4v) is 2.57. The van der Waals surface area contributed by atoms with Crippen LogP contribution in [-0.4, -0.2) is 19.6 Å². The van der Waals surface area contributed by atoms with Crippen LogP contribution >= 0.6 is 0 Å². The van der Waals surface area contributed by atoms with Gasteiger partial charge in [0, 0.05) is 13.1 Å². The Bertz CT molecular complexity index is 695. The zero-order valence-corrected chi connectivity index (χ0v) is 14.4. The van der Waals surface area contributed by atoms with E-state index in [1.54, 1.807) is 6.07 Å². The van der Waals surface area contributed by atoms with Gasteiger partial charge in [-0.3, -0.25) is 0 Å². The maximum absolute atomic E-state index is 13.2. The van der Waals surface area contributed by atoms with Crippen LogP contribution in [0.2, 0.25) is 0 Å². The van der Waals surface area contributed by atoms with Crippen molar-refractivity contribution in [2.24, 2.45) is 0 Å². The number of nitrogens with two attached hydrogens (primary N) is 1.